The highest BCUT2D eigenvalue weighted by Crippen LogP contribution is 2.11. The van der Waals surface area contributed by atoms with Crippen LogP contribution in [0.3, 0.4) is 0 Å². The highest BCUT2D eigenvalue weighted by molar-refractivity contribution is 9.10. The summed E-state index contributed by atoms with van der Waals surface area (Å²) in [7, 11) is 0. The van der Waals surface area contributed by atoms with E-state index in [0.29, 0.717) is 11.0 Å². The third-order valence-electron chi connectivity index (χ3n) is 2.12. The summed E-state index contributed by atoms with van der Waals surface area (Å²) in [5, 5.41) is 9.30. The summed E-state index contributed by atoms with van der Waals surface area (Å²) in [5.74, 6) is 0.188. The molecule has 1 aromatic heterocycles. The summed E-state index contributed by atoms with van der Waals surface area (Å²) in [6.07, 6.45) is 2.93. The molecule has 1 N–H and O–H groups in total. The van der Waals surface area contributed by atoms with Gasteiger partial charge in [0.25, 0.3) is 5.56 Å². The molecular weight excluding hydrogens is 272 g/mol. The smallest absolute Gasteiger partial charge is 0.267 e. The van der Waals surface area contributed by atoms with Crippen LogP contribution in [-0.4, -0.2) is 14.7 Å². The van der Waals surface area contributed by atoms with Gasteiger partial charge in [-0.15, -0.1) is 0 Å². The van der Waals surface area contributed by atoms with E-state index in [1.807, 2.05) is 6.07 Å². The first-order valence-electron chi connectivity index (χ1n) is 4.64. The Balaban J connectivity index is 2.34. The maximum absolute atomic E-state index is 11.7. The molecule has 5 heteroatoms. The minimum Gasteiger partial charge on any atom is -0.508 e. The van der Waals surface area contributed by atoms with Crippen LogP contribution in [0.25, 0.3) is 0 Å². The van der Waals surface area contributed by atoms with E-state index in [9.17, 15) is 9.90 Å². The van der Waals surface area contributed by atoms with Crippen LogP contribution in [0.2, 0.25) is 0 Å². The molecule has 1 heterocycles. The molecule has 0 aliphatic carbocycles. The van der Waals surface area contributed by atoms with Gasteiger partial charge in [-0.25, -0.2) is 4.98 Å². The van der Waals surface area contributed by atoms with Crippen molar-refractivity contribution in [1.29, 1.82) is 0 Å². The zero-order valence-electron chi connectivity index (χ0n) is 8.30. The minimum atomic E-state index is -0.140. The summed E-state index contributed by atoms with van der Waals surface area (Å²) in [6, 6.07) is 6.78. The van der Waals surface area contributed by atoms with Crippen LogP contribution in [0.15, 0.2) is 46.1 Å². The van der Waals surface area contributed by atoms with Crippen LogP contribution in [0, 0.1) is 0 Å². The lowest BCUT2D eigenvalue weighted by Crippen LogP contribution is -2.21. The Morgan fingerprint density at radius 1 is 1.44 bits per heavy atom. The van der Waals surface area contributed by atoms with Gasteiger partial charge in [0.05, 0.1) is 12.9 Å². The largest absolute Gasteiger partial charge is 0.508 e. The molecule has 2 rings (SSSR count). The minimum absolute atomic E-state index is 0.140. The van der Waals surface area contributed by atoms with Crippen molar-refractivity contribution in [3.8, 4) is 5.75 Å². The van der Waals surface area contributed by atoms with E-state index < -0.39 is 0 Å². The van der Waals surface area contributed by atoms with Crippen LogP contribution < -0.4 is 5.56 Å². The number of benzene rings is 1. The molecule has 0 aliphatic heterocycles. The van der Waals surface area contributed by atoms with Crippen LogP contribution in [0.1, 0.15) is 5.56 Å². The second-order valence-electron chi connectivity index (χ2n) is 3.34. The average Bonchev–Trinajstić information content (AvgIpc) is 2.25. The van der Waals surface area contributed by atoms with Gasteiger partial charge in [-0.05, 0) is 33.6 Å². The second-order valence-corrected chi connectivity index (χ2v) is 4.20. The zero-order valence-corrected chi connectivity index (χ0v) is 9.89. The molecule has 16 heavy (non-hydrogen) atoms. The van der Waals surface area contributed by atoms with Crippen molar-refractivity contribution in [3.05, 3.63) is 57.2 Å². The Labute approximate surface area is 100 Å². The van der Waals surface area contributed by atoms with Crippen molar-refractivity contribution in [3.63, 3.8) is 0 Å². The Morgan fingerprint density at radius 3 is 3.00 bits per heavy atom. The standard InChI is InChI=1S/C11H9BrN2O2/c12-10-5-13-7-14(11(10)16)6-8-2-1-3-9(15)4-8/h1-5,7,15H,6H2. The van der Waals surface area contributed by atoms with E-state index in [4.69, 9.17) is 0 Å². The molecule has 0 atom stereocenters. The number of phenolic OH excluding ortho intramolecular Hbond substituents is 1. The van der Waals surface area contributed by atoms with Gasteiger partial charge in [0.2, 0.25) is 0 Å². The molecule has 0 saturated heterocycles. The fourth-order valence-corrected chi connectivity index (χ4v) is 1.73. The van der Waals surface area contributed by atoms with E-state index in [0.717, 1.165) is 5.56 Å². The fourth-order valence-electron chi connectivity index (χ4n) is 1.39. The molecule has 0 amide bonds. The molecule has 0 saturated carbocycles. The van der Waals surface area contributed by atoms with Gasteiger partial charge < -0.3 is 5.11 Å². The van der Waals surface area contributed by atoms with Gasteiger partial charge in [0.15, 0.2) is 0 Å². The van der Waals surface area contributed by atoms with E-state index in [2.05, 4.69) is 20.9 Å². The number of phenols is 1. The summed E-state index contributed by atoms with van der Waals surface area (Å²) < 4.78 is 1.90. The fraction of sp³-hybridized carbons (Fsp3) is 0.0909. The third-order valence-corrected chi connectivity index (χ3v) is 2.67. The van der Waals surface area contributed by atoms with Crippen LogP contribution in [0.4, 0.5) is 0 Å². The Morgan fingerprint density at radius 2 is 2.25 bits per heavy atom. The number of nitrogens with zero attached hydrogens (tertiary/aromatic N) is 2. The first kappa shape index (κ1) is 10.9. The highest BCUT2D eigenvalue weighted by Gasteiger charge is 2.02. The molecule has 0 fully saturated rings. The van der Waals surface area contributed by atoms with Gasteiger partial charge in [-0.3, -0.25) is 9.36 Å². The Kier molecular flexibility index (Phi) is 3.05. The van der Waals surface area contributed by atoms with Crippen molar-refractivity contribution in [2.75, 3.05) is 0 Å². The van der Waals surface area contributed by atoms with E-state index in [1.165, 1.54) is 17.1 Å². The molecule has 2 aromatic rings. The van der Waals surface area contributed by atoms with Crippen LogP contribution >= 0.6 is 15.9 Å². The predicted molar refractivity (Wildman–Crippen MR) is 63.4 cm³/mol. The average molecular weight is 281 g/mol. The molecule has 4 nitrogen and oxygen atoms in total. The molecule has 82 valence electrons. The molecular formula is C11H9BrN2O2. The van der Waals surface area contributed by atoms with Gasteiger partial charge in [-0.2, -0.15) is 0 Å². The summed E-state index contributed by atoms with van der Waals surface area (Å²) in [6.45, 7) is 0.389. The molecule has 0 bridgehead atoms. The van der Waals surface area contributed by atoms with Crippen molar-refractivity contribution >= 4 is 15.9 Å². The van der Waals surface area contributed by atoms with E-state index >= 15 is 0 Å². The van der Waals surface area contributed by atoms with Crippen molar-refractivity contribution in [1.82, 2.24) is 9.55 Å². The Hall–Kier alpha value is -1.62. The predicted octanol–water partition coefficient (Wildman–Crippen LogP) is 1.76. The number of hydrogen-bond acceptors (Lipinski definition) is 3. The van der Waals surface area contributed by atoms with Crippen molar-refractivity contribution < 1.29 is 5.11 Å². The van der Waals surface area contributed by atoms with Gasteiger partial charge in [0, 0.05) is 6.20 Å². The lowest BCUT2D eigenvalue weighted by Gasteiger charge is -2.05. The highest BCUT2D eigenvalue weighted by atomic mass is 79.9. The number of aromatic nitrogens is 2. The first-order valence-corrected chi connectivity index (χ1v) is 5.44. The second kappa shape index (κ2) is 4.49. The van der Waals surface area contributed by atoms with Gasteiger partial charge >= 0.3 is 0 Å². The summed E-state index contributed by atoms with van der Waals surface area (Å²) >= 11 is 3.13. The lowest BCUT2D eigenvalue weighted by atomic mass is 10.2. The van der Waals surface area contributed by atoms with Gasteiger partial charge in [-0.1, -0.05) is 12.1 Å². The van der Waals surface area contributed by atoms with Crippen LogP contribution in [0.5, 0.6) is 5.75 Å². The van der Waals surface area contributed by atoms with E-state index in [1.54, 1.807) is 18.2 Å². The number of aromatic hydroxyl groups is 1. The maximum Gasteiger partial charge on any atom is 0.267 e. The van der Waals surface area contributed by atoms with Crippen molar-refractivity contribution in [2.45, 2.75) is 6.54 Å². The monoisotopic (exact) mass is 280 g/mol. The molecule has 1 aromatic carbocycles. The quantitative estimate of drug-likeness (QED) is 0.912. The molecule has 0 spiro atoms. The maximum atomic E-state index is 11.7. The lowest BCUT2D eigenvalue weighted by molar-refractivity contribution is 0.474. The molecule has 0 radical (unpaired) electrons. The topological polar surface area (TPSA) is 55.1 Å². The van der Waals surface area contributed by atoms with Crippen LogP contribution in [-0.2, 0) is 6.54 Å². The molecule has 0 aliphatic rings. The summed E-state index contributed by atoms with van der Waals surface area (Å²) in [4.78, 5) is 15.6. The number of hydrogen-bond donors (Lipinski definition) is 1. The SMILES string of the molecule is O=c1c(Br)cncn1Cc1cccc(O)c1. The van der Waals surface area contributed by atoms with Crippen molar-refractivity contribution in [2.24, 2.45) is 0 Å². The number of rotatable bonds is 2. The normalized spacial score (nSPS) is 10.3. The summed E-state index contributed by atoms with van der Waals surface area (Å²) in [5.41, 5.74) is 0.709. The zero-order chi connectivity index (χ0) is 11.5. The molecule has 0 unspecified atom stereocenters. The van der Waals surface area contributed by atoms with Gasteiger partial charge in [0.1, 0.15) is 10.2 Å². The first-order chi connectivity index (χ1) is 7.66. The third kappa shape index (κ3) is 2.30. The number of halogens is 1. The van der Waals surface area contributed by atoms with E-state index in [-0.39, 0.29) is 11.3 Å². The Bertz CT molecular complexity index is 566.